The molecule has 16 heavy (non-hydrogen) atoms. The van der Waals surface area contributed by atoms with Gasteiger partial charge in [-0.3, -0.25) is 0 Å². The summed E-state index contributed by atoms with van der Waals surface area (Å²) in [6.07, 6.45) is 0. The van der Waals surface area contributed by atoms with E-state index in [0.29, 0.717) is 11.1 Å². The number of hydrogen-bond donors (Lipinski definition) is 0. The van der Waals surface area contributed by atoms with E-state index in [9.17, 15) is 0 Å². The first kappa shape index (κ1) is 9.96. The van der Waals surface area contributed by atoms with E-state index in [2.05, 4.69) is 18.2 Å². The number of benzene rings is 2. The molecule has 1 radical (unpaired) electrons. The van der Waals surface area contributed by atoms with Gasteiger partial charge in [-0.15, -0.1) is 0 Å². The lowest BCUT2D eigenvalue weighted by Crippen LogP contribution is -1.84. The fraction of sp³-hybridized carbons (Fsp3) is 0. The highest BCUT2D eigenvalue weighted by Crippen LogP contribution is 2.23. The van der Waals surface area contributed by atoms with Crippen LogP contribution in [0.25, 0.3) is 11.1 Å². The van der Waals surface area contributed by atoms with E-state index >= 15 is 0 Å². The molecule has 0 amide bonds. The average molecular weight is 203 g/mol. The number of nitrogens with zero attached hydrogens (tertiary/aromatic N) is 2. The predicted molar refractivity (Wildman–Crippen MR) is 60.1 cm³/mol. The fourth-order valence-corrected chi connectivity index (χ4v) is 1.53. The summed E-state index contributed by atoms with van der Waals surface area (Å²) in [6.45, 7) is 0. The summed E-state index contributed by atoms with van der Waals surface area (Å²) in [7, 11) is 0. The van der Waals surface area contributed by atoms with Crippen molar-refractivity contribution in [1.29, 1.82) is 10.5 Å². The zero-order chi connectivity index (χ0) is 11.4. The van der Waals surface area contributed by atoms with Crippen molar-refractivity contribution >= 4 is 0 Å². The second kappa shape index (κ2) is 4.29. The lowest BCUT2D eigenvalue weighted by atomic mass is 9.99. The normalized spacial score (nSPS) is 9.12. The topological polar surface area (TPSA) is 47.6 Å². The third-order valence-corrected chi connectivity index (χ3v) is 2.29. The summed E-state index contributed by atoms with van der Waals surface area (Å²) in [6, 6.07) is 19.5. The largest absolute Gasteiger partial charge is 0.192 e. The van der Waals surface area contributed by atoms with Crippen molar-refractivity contribution in [2.45, 2.75) is 0 Å². The van der Waals surface area contributed by atoms with Gasteiger partial charge in [0.15, 0.2) is 0 Å². The number of rotatable bonds is 1. The fourth-order valence-electron chi connectivity index (χ4n) is 1.53. The van der Waals surface area contributed by atoms with Gasteiger partial charge in [0.25, 0.3) is 0 Å². The molecule has 0 aliphatic carbocycles. The Hall–Kier alpha value is -2.58. The monoisotopic (exact) mass is 203 g/mol. The van der Waals surface area contributed by atoms with Gasteiger partial charge in [0.2, 0.25) is 0 Å². The summed E-state index contributed by atoms with van der Waals surface area (Å²) in [5, 5.41) is 17.8. The van der Waals surface area contributed by atoms with Gasteiger partial charge >= 0.3 is 0 Å². The molecule has 2 heteroatoms. The van der Waals surface area contributed by atoms with E-state index in [0.717, 1.165) is 11.1 Å². The molecule has 0 heterocycles. The van der Waals surface area contributed by atoms with Gasteiger partial charge in [-0.1, -0.05) is 24.3 Å². The molecule has 0 aromatic heterocycles. The van der Waals surface area contributed by atoms with Crippen LogP contribution in [0.15, 0.2) is 42.5 Å². The number of hydrogen-bond acceptors (Lipinski definition) is 2. The van der Waals surface area contributed by atoms with Crippen molar-refractivity contribution in [3.05, 3.63) is 59.7 Å². The Morgan fingerprint density at radius 2 is 1.94 bits per heavy atom. The van der Waals surface area contributed by atoms with Gasteiger partial charge in [0.1, 0.15) is 0 Å². The van der Waals surface area contributed by atoms with Crippen molar-refractivity contribution in [2.75, 3.05) is 0 Å². The summed E-state index contributed by atoms with van der Waals surface area (Å²) in [4.78, 5) is 0. The average Bonchev–Trinajstić information content (AvgIpc) is 2.38. The third kappa shape index (κ3) is 1.78. The highest BCUT2D eigenvalue weighted by Gasteiger charge is 2.04. The van der Waals surface area contributed by atoms with Crippen molar-refractivity contribution in [3.63, 3.8) is 0 Å². The van der Waals surface area contributed by atoms with E-state index < -0.39 is 0 Å². The SMILES string of the molecule is N#Cc1cccc(-c2cc[c]cc2C#N)c1. The van der Waals surface area contributed by atoms with Crippen molar-refractivity contribution < 1.29 is 0 Å². The van der Waals surface area contributed by atoms with Crippen LogP contribution in [-0.4, -0.2) is 0 Å². The van der Waals surface area contributed by atoms with Gasteiger partial charge in [0, 0.05) is 0 Å². The maximum atomic E-state index is 8.97. The molecule has 0 saturated heterocycles. The molecule has 0 saturated carbocycles. The molecular weight excluding hydrogens is 196 g/mol. The first-order chi connectivity index (χ1) is 7.85. The van der Waals surface area contributed by atoms with Crippen LogP contribution in [0, 0.1) is 28.7 Å². The second-order valence-corrected chi connectivity index (χ2v) is 3.28. The van der Waals surface area contributed by atoms with Gasteiger partial charge < -0.3 is 0 Å². The van der Waals surface area contributed by atoms with Gasteiger partial charge in [-0.05, 0) is 35.4 Å². The first-order valence-electron chi connectivity index (χ1n) is 4.76. The molecule has 0 aliphatic rings. The Kier molecular flexibility index (Phi) is 2.67. The lowest BCUT2D eigenvalue weighted by molar-refractivity contribution is 1.46. The molecule has 2 rings (SSSR count). The first-order valence-corrected chi connectivity index (χ1v) is 4.76. The van der Waals surface area contributed by atoms with Crippen LogP contribution in [-0.2, 0) is 0 Å². The molecule has 0 unspecified atom stereocenters. The minimum Gasteiger partial charge on any atom is -0.192 e. The summed E-state index contributed by atoms with van der Waals surface area (Å²) in [5.41, 5.74) is 2.87. The van der Waals surface area contributed by atoms with Crippen LogP contribution < -0.4 is 0 Å². The molecule has 0 fully saturated rings. The molecule has 0 spiro atoms. The molecule has 73 valence electrons. The quantitative estimate of drug-likeness (QED) is 0.715. The highest BCUT2D eigenvalue weighted by atomic mass is 14.3. The standard InChI is InChI=1S/C14H7N2/c15-9-11-4-3-6-12(8-11)14-7-2-1-5-13(14)10-16/h2-8H. The molecular formula is C14H7N2. The summed E-state index contributed by atoms with van der Waals surface area (Å²) < 4.78 is 0. The smallest absolute Gasteiger partial charge is 0.0998 e. The summed E-state index contributed by atoms with van der Waals surface area (Å²) >= 11 is 0. The maximum Gasteiger partial charge on any atom is 0.0998 e. The van der Waals surface area contributed by atoms with E-state index in [-0.39, 0.29) is 0 Å². The molecule has 0 atom stereocenters. The molecule has 2 aromatic rings. The molecule has 0 N–H and O–H groups in total. The zero-order valence-electron chi connectivity index (χ0n) is 8.44. The van der Waals surface area contributed by atoms with E-state index in [1.807, 2.05) is 18.2 Å². The van der Waals surface area contributed by atoms with Gasteiger partial charge in [0.05, 0.1) is 23.3 Å². The predicted octanol–water partition coefficient (Wildman–Crippen LogP) is 2.90. The van der Waals surface area contributed by atoms with Crippen LogP contribution in [0.1, 0.15) is 11.1 Å². The van der Waals surface area contributed by atoms with E-state index in [1.54, 1.807) is 24.3 Å². The van der Waals surface area contributed by atoms with Gasteiger partial charge in [-0.2, -0.15) is 10.5 Å². The Morgan fingerprint density at radius 3 is 2.69 bits per heavy atom. The minimum atomic E-state index is 0.567. The van der Waals surface area contributed by atoms with Crippen LogP contribution in [0.2, 0.25) is 0 Å². The van der Waals surface area contributed by atoms with Crippen LogP contribution in [0.5, 0.6) is 0 Å². The van der Waals surface area contributed by atoms with Crippen molar-refractivity contribution in [3.8, 4) is 23.3 Å². The Labute approximate surface area is 94.0 Å². The molecule has 0 aliphatic heterocycles. The Morgan fingerprint density at radius 1 is 1.06 bits per heavy atom. The molecule has 0 bridgehead atoms. The lowest BCUT2D eigenvalue weighted by Gasteiger charge is -2.03. The van der Waals surface area contributed by atoms with E-state index in [4.69, 9.17) is 10.5 Å². The van der Waals surface area contributed by atoms with Crippen molar-refractivity contribution in [1.82, 2.24) is 0 Å². The Bertz CT molecular complexity index is 601. The zero-order valence-corrected chi connectivity index (χ0v) is 8.44. The Balaban J connectivity index is 2.60. The van der Waals surface area contributed by atoms with Crippen LogP contribution >= 0.6 is 0 Å². The summed E-state index contributed by atoms with van der Waals surface area (Å²) in [5.74, 6) is 0. The van der Waals surface area contributed by atoms with Crippen LogP contribution in [0.4, 0.5) is 0 Å². The second-order valence-electron chi connectivity index (χ2n) is 3.28. The van der Waals surface area contributed by atoms with Crippen LogP contribution in [0.3, 0.4) is 0 Å². The number of nitriles is 2. The van der Waals surface area contributed by atoms with Gasteiger partial charge in [-0.25, -0.2) is 0 Å². The molecule has 2 nitrogen and oxygen atoms in total. The minimum absolute atomic E-state index is 0.567. The highest BCUT2D eigenvalue weighted by molar-refractivity contribution is 5.71. The molecule has 2 aromatic carbocycles. The van der Waals surface area contributed by atoms with Crippen molar-refractivity contribution in [2.24, 2.45) is 0 Å². The third-order valence-electron chi connectivity index (χ3n) is 2.29. The van der Waals surface area contributed by atoms with E-state index in [1.165, 1.54) is 0 Å². The maximum absolute atomic E-state index is 8.97.